The number of thiazole rings is 1. The summed E-state index contributed by atoms with van der Waals surface area (Å²) in [5.74, 6) is 0.536. The Morgan fingerprint density at radius 1 is 0.933 bits per heavy atom. The Labute approximate surface area is 182 Å². The van der Waals surface area contributed by atoms with Gasteiger partial charge < -0.3 is 4.98 Å². The molecule has 2 aromatic carbocycles. The predicted molar refractivity (Wildman–Crippen MR) is 122 cm³/mol. The Hall–Kier alpha value is -3.36. The summed E-state index contributed by atoms with van der Waals surface area (Å²) < 4.78 is 2.42. The number of aromatic nitrogens is 4. The molecule has 8 heteroatoms. The Morgan fingerprint density at radius 3 is 2.40 bits per heavy atom. The van der Waals surface area contributed by atoms with Crippen molar-refractivity contribution in [3.05, 3.63) is 96.9 Å². The molecule has 5 aromatic rings. The molecule has 0 spiro atoms. The second kappa shape index (κ2) is 7.47. The fraction of sp³-hybridized carbons (Fsp3) is 0. The van der Waals surface area contributed by atoms with Crippen molar-refractivity contribution in [2.75, 3.05) is 0 Å². The summed E-state index contributed by atoms with van der Waals surface area (Å²) in [6.07, 6.45) is 3.35. The maximum atomic E-state index is 13.5. The Balaban J connectivity index is 1.75. The van der Waals surface area contributed by atoms with Gasteiger partial charge in [-0.1, -0.05) is 39.4 Å². The number of nitrogens with zero attached hydrogens (tertiary/aromatic N) is 3. The van der Waals surface area contributed by atoms with Crippen LogP contribution in [0.4, 0.5) is 0 Å². The lowest BCUT2D eigenvalue weighted by Crippen LogP contribution is -2.22. The third-order valence-corrected chi connectivity index (χ3v) is 5.89. The summed E-state index contributed by atoms with van der Waals surface area (Å²) in [6, 6.07) is 16.6. The summed E-state index contributed by atoms with van der Waals surface area (Å²) in [5.41, 5.74) is 3.55. The molecule has 1 N–H and O–H groups in total. The molecule has 3 aromatic heterocycles. The quantitative estimate of drug-likeness (QED) is 0.411. The highest BCUT2D eigenvalue weighted by atomic mass is 79.9. The van der Waals surface area contributed by atoms with Crippen molar-refractivity contribution in [1.82, 2.24) is 19.5 Å². The molecule has 5 rings (SSSR count). The number of rotatable bonds is 3. The molecule has 0 aliphatic carbocycles. The van der Waals surface area contributed by atoms with E-state index in [0.29, 0.717) is 22.4 Å². The van der Waals surface area contributed by atoms with Gasteiger partial charge in [-0.15, -0.1) is 0 Å². The topological polar surface area (TPSA) is 80.6 Å². The lowest BCUT2D eigenvalue weighted by atomic mass is 10.1. The molecule has 0 atom stereocenters. The first kappa shape index (κ1) is 18.7. The molecule has 0 unspecified atom stereocenters. The van der Waals surface area contributed by atoms with Gasteiger partial charge in [0.2, 0.25) is 0 Å². The van der Waals surface area contributed by atoms with Crippen molar-refractivity contribution in [3.8, 4) is 28.3 Å². The van der Waals surface area contributed by atoms with E-state index in [9.17, 15) is 9.59 Å². The molecule has 0 bridgehead atoms. The first-order chi connectivity index (χ1) is 14.6. The second-order valence-corrected chi connectivity index (χ2v) is 8.34. The van der Waals surface area contributed by atoms with E-state index in [-0.39, 0.29) is 10.4 Å². The van der Waals surface area contributed by atoms with E-state index in [1.54, 1.807) is 28.4 Å². The molecule has 0 saturated carbocycles. The van der Waals surface area contributed by atoms with Gasteiger partial charge in [0.05, 0.1) is 22.3 Å². The first-order valence-corrected chi connectivity index (χ1v) is 10.7. The van der Waals surface area contributed by atoms with Gasteiger partial charge in [0.15, 0.2) is 0 Å². The van der Waals surface area contributed by atoms with E-state index < -0.39 is 0 Å². The zero-order chi connectivity index (χ0) is 20.7. The molecule has 0 fully saturated rings. The van der Waals surface area contributed by atoms with E-state index in [0.717, 1.165) is 32.6 Å². The molecule has 0 saturated heterocycles. The van der Waals surface area contributed by atoms with Crippen LogP contribution in [0.3, 0.4) is 0 Å². The van der Waals surface area contributed by atoms with Crippen LogP contribution in [-0.2, 0) is 0 Å². The van der Waals surface area contributed by atoms with Crippen LogP contribution in [-0.4, -0.2) is 19.5 Å². The number of nitrogens with one attached hydrogen (secondary N) is 1. The normalized spacial score (nSPS) is 11.1. The molecule has 0 aliphatic rings. The summed E-state index contributed by atoms with van der Waals surface area (Å²) in [7, 11) is 0. The average Bonchev–Trinajstić information content (AvgIpc) is 3.21. The summed E-state index contributed by atoms with van der Waals surface area (Å²) in [6.45, 7) is 0. The number of aromatic amines is 1. The number of hydrogen-bond donors (Lipinski definition) is 1. The average molecular weight is 477 g/mol. The molecule has 146 valence electrons. The van der Waals surface area contributed by atoms with Gasteiger partial charge in [-0.3, -0.25) is 19.1 Å². The zero-order valence-electron chi connectivity index (χ0n) is 15.4. The smallest absolute Gasteiger partial charge is 0.304 e. The lowest BCUT2D eigenvalue weighted by Gasteiger charge is -2.14. The van der Waals surface area contributed by atoms with Gasteiger partial charge >= 0.3 is 4.87 Å². The Morgan fingerprint density at radius 2 is 1.70 bits per heavy atom. The number of H-pyrrole nitrogens is 1. The van der Waals surface area contributed by atoms with E-state index in [1.807, 2.05) is 48.5 Å². The van der Waals surface area contributed by atoms with Crippen LogP contribution in [0, 0.1) is 0 Å². The fourth-order valence-corrected chi connectivity index (χ4v) is 4.25. The molecule has 0 aliphatic heterocycles. The van der Waals surface area contributed by atoms with E-state index in [4.69, 9.17) is 4.98 Å². The molecule has 30 heavy (non-hydrogen) atoms. The maximum absolute atomic E-state index is 13.5. The van der Waals surface area contributed by atoms with Gasteiger partial charge in [-0.25, -0.2) is 4.98 Å². The molecule has 6 nitrogen and oxygen atoms in total. The van der Waals surface area contributed by atoms with Gasteiger partial charge in [0.1, 0.15) is 5.82 Å². The van der Waals surface area contributed by atoms with Gasteiger partial charge in [-0.05, 0) is 48.0 Å². The highest BCUT2D eigenvalue weighted by Crippen LogP contribution is 2.25. The Bertz CT molecular complexity index is 1490. The number of hydrogen-bond acceptors (Lipinski definition) is 5. The third-order valence-electron chi connectivity index (χ3n) is 4.73. The largest absolute Gasteiger partial charge is 0.312 e. The van der Waals surface area contributed by atoms with Gasteiger partial charge in [0.25, 0.3) is 5.56 Å². The number of halogens is 1. The third kappa shape index (κ3) is 3.30. The highest BCUT2D eigenvalue weighted by Gasteiger charge is 2.15. The van der Waals surface area contributed by atoms with Crippen molar-refractivity contribution in [1.29, 1.82) is 0 Å². The zero-order valence-corrected chi connectivity index (χ0v) is 17.8. The number of benzene rings is 2. The summed E-state index contributed by atoms with van der Waals surface area (Å²) in [5, 5.41) is 2.30. The van der Waals surface area contributed by atoms with Gasteiger partial charge in [0, 0.05) is 27.8 Å². The van der Waals surface area contributed by atoms with Crippen molar-refractivity contribution >= 4 is 38.2 Å². The summed E-state index contributed by atoms with van der Waals surface area (Å²) >= 11 is 4.55. The monoisotopic (exact) mass is 476 g/mol. The molecular weight excluding hydrogens is 464 g/mol. The van der Waals surface area contributed by atoms with Crippen molar-refractivity contribution in [3.63, 3.8) is 0 Å². The lowest BCUT2D eigenvalue weighted by molar-refractivity contribution is 0.974. The Kier molecular flexibility index (Phi) is 4.65. The van der Waals surface area contributed by atoms with Crippen molar-refractivity contribution in [2.24, 2.45) is 0 Å². The van der Waals surface area contributed by atoms with Crippen LogP contribution < -0.4 is 10.4 Å². The van der Waals surface area contributed by atoms with Crippen LogP contribution >= 0.6 is 27.3 Å². The maximum Gasteiger partial charge on any atom is 0.304 e. The minimum atomic E-state index is -0.162. The predicted octanol–water partition coefficient (Wildman–Crippen LogP) is 4.63. The summed E-state index contributed by atoms with van der Waals surface area (Å²) in [4.78, 5) is 36.5. The number of fused-ring (bicyclic) bond motifs is 1. The van der Waals surface area contributed by atoms with E-state index >= 15 is 0 Å². The molecule has 0 amide bonds. The molecule has 0 radical (unpaired) electrons. The fourth-order valence-electron chi connectivity index (χ4n) is 3.30. The van der Waals surface area contributed by atoms with Crippen LogP contribution in [0.2, 0.25) is 0 Å². The standard InChI is InChI=1S/C22H13BrN4O2S/c23-15-3-6-18-17(11-15)21(28)27(20(25-18)14-7-9-24-10-8-14)16-4-1-13(2-5-16)19-12-30-22(29)26-19/h1-12H,(H,26,29). The van der Waals surface area contributed by atoms with Crippen LogP contribution in [0.15, 0.2) is 86.4 Å². The van der Waals surface area contributed by atoms with Crippen molar-refractivity contribution < 1.29 is 0 Å². The second-order valence-electron chi connectivity index (χ2n) is 6.58. The minimum Gasteiger partial charge on any atom is -0.312 e. The van der Waals surface area contributed by atoms with Crippen molar-refractivity contribution in [2.45, 2.75) is 0 Å². The minimum absolute atomic E-state index is 0.102. The van der Waals surface area contributed by atoms with Gasteiger partial charge in [-0.2, -0.15) is 0 Å². The number of pyridine rings is 1. The SMILES string of the molecule is O=c1[nH]c(-c2ccc(-n3c(-c4ccncc4)nc4ccc(Br)cc4c3=O)cc2)cs1. The van der Waals surface area contributed by atoms with E-state index in [2.05, 4.69) is 25.9 Å². The molecular formula is C22H13BrN4O2S. The van der Waals surface area contributed by atoms with E-state index in [1.165, 1.54) is 0 Å². The first-order valence-electron chi connectivity index (χ1n) is 9.01. The highest BCUT2D eigenvalue weighted by molar-refractivity contribution is 9.10. The van der Waals surface area contributed by atoms with Crippen LogP contribution in [0.25, 0.3) is 39.2 Å². The molecule has 3 heterocycles. The van der Waals surface area contributed by atoms with Crippen LogP contribution in [0.1, 0.15) is 0 Å². The van der Waals surface area contributed by atoms with Crippen LogP contribution in [0.5, 0.6) is 0 Å².